The van der Waals surface area contributed by atoms with Crippen molar-refractivity contribution in [3.8, 4) is 23.0 Å². The van der Waals surface area contributed by atoms with Crippen LogP contribution in [-0.2, 0) is 16.1 Å². The van der Waals surface area contributed by atoms with Crippen LogP contribution in [0.3, 0.4) is 0 Å². The van der Waals surface area contributed by atoms with Gasteiger partial charge < -0.3 is 23.7 Å². The van der Waals surface area contributed by atoms with E-state index in [1.54, 1.807) is 57.4 Å². The Balaban J connectivity index is 1.61. The molecule has 1 aromatic heterocycles. The third kappa shape index (κ3) is 7.59. The number of aromatic nitrogens is 1. The van der Waals surface area contributed by atoms with E-state index in [1.807, 2.05) is 32.9 Å². The van der Waals surface area contributed by atoms with Crippen molar-refractivity contribution in [2.75, 3.05) is 20.3 Å². The van der Waals surface area contributed by atoms with Gasteiger partial charge in [0.15, 0.2) is 27.8 Å². The Labute approximate surface area is 295 Å². The number of hydrogen-bond donors (Lipinski definition) is 0. The van der Waals surface area contributed by atoms with Crippen molar-refractivity contribution < 1.29 is 32.9 Å². The Morgan fingerprint density at radius 2 is 1.85 bits per heavy atom. The molecule has 3 aromatic carbocycles. The number of halogens is 2. The zero-order chi connectivity index (χ0) is 34.5. The van der Waals surface area contributed by atoms with E-state index in [0.717, 1.165) is 3.57 Å². The number of benzene rings is 3. The summed E-state index contributed by atoms with van der Waals surface area (Å²) in [5.41, 5.74) is 2.44. The monoisotopic (exact) mass is 786 g/mol. The Morgan fingerprint density at radius 3 is 2.54 bits per heavy atom. The predicted molar refractivity (Wildman–Crippen MR) is 190 cm³/mol. The van der Waals surface area contributed by atoms with Gasteiger partial charge in [0.1, 0.15) is 12.4 Å². The first-order valence-electron chi connectivity index (χ1n) is 15.4. The lowest BCUT2D eigenvalue weighted by Crippen LogP contribution is -2.40. The van der Waals surface area contributed by atoms with Gasteiger partial charge in [0, 0.05) is 0 Å². The summed E-state index contributed by atoms with van der Waals surface area (Å²) in [5.74, 6) is 1.15. The first kappa shape index (κ1) is 35.1. The van der Waals surface area contributed by atoms with Gasteiger partial charge in [0.25, 0.3) is 5.56 Å². The number of rotatable bonds is 12. The molecule has 0 saturated heterocycles. The highest BCUT2D eigenvalue weighted by Gasteiger charge is 2.34. The minimum Gasteiger partial charge on any atom is -0.493 e. The lowest BCUT2D eigenvalue weighted by Gasteiger charge is -2.25. The lowest BCUT2D eigenvalue weighted by molar-refractivity contribution is -0.139. The van der Waals surface area contributed by atoms with Crippen LogP contribution in [0.2, 0.25) is 0 Å². The number of carbonyl (C=O) groups is 1. The number of esters is 1. The first-order chi connectivity index (χ1) is 23.0. The van der Waals surface area contributed by atoms with Gasteiger partial charge >= 0.3 is 5.97 Å². The molecule has 12 heteroatoms. The zero-order valence-electron chi connectivity index (χ0n) is 27.5. The van der Waals surface area contributed by atoms with E-state index in [2.05, 4.69) is 27.6 Å². The van der Waals surface area contributed by atoms with Crippen LogP contribution in [0.15, 0.2) is 75.7 Å². The number of hydrogen-bond acceptors (Lipinski definition) is 9. The van der Waals surface area contributed by atoms with Crippen LogP contribution in [0.4, 0.5) is 4.39 Å². The molecule has 0 aliphatic carbocycles. The van der Waals surface area contributed by atoms with E-state index in [0.29, 0.717) is 61.3 Å². The van der Waals surface area contributed by atoms with Gasteiger partial charge in [-0.1, -0.05) is 29.5 Å². The van der Waals surface area contributed by atoms with Crippen LogP contribution in [0.5, 0.6) is 23.0 Å². The number of nitrogens with zero attached hydrogens (tertiary/aromatic N) is 2. The molecule has 1 aliphatic rings. The van der Waals surface area contributed by atoms with Crippen molar-refractivity contribution >= 4 is 46.0 Å². The molecule has 0 unspecified atom stereocenters. The number of thiazole rings is 1. The molecule has 9 nitrogen and oxygen atoms in total. The standard InChI is InChI=1S/C36H36FIN2O7S/c1-7-44-29-16-23(15-26(38)33(29)46-19-22-10-9-11-25(37)14-22)17-30-34(41)40-32(24-12-13-27(47-20(3)4)28(18-24)43-6)31(35(42)45-8-2)21(5)39-36(40)48-30/h9-18,20,32H,7-8,19H2,1-6H3/b30-17-/t32-/m1/s1. The highest BCUT2D eigenvalue weighted by molar-refractivity contribution is 14.1. The summed E-state index contributed by atoms with van der Waals surface area (Å²) in [4.78, 5) is 32.7. The minimum atomic E-state index is -0.817. The van der Waals surface area contributed by atoms with E-state index in [9.17, 15) is 14.0 Å². The van der Waals surface area contributed by atoms with Crippen molar-refractivity contribution in [2.24, 2.45) is 4.99 Å². The second-order valence-electron chi connectivity index (χ2n) is 11.1. The van der Waals surface area contributed by atoms with Crippen molar-refractivity contribution in [2.45, 2.75) is 53.4 Å². The zero-order valence-corrected chi connectivity index (χ0v) is 30.4. The number of fused-ring (bicyclic) bond motifs is 1. The minimum absolute atomic E-state index is 0.0833. The Bertz CT molecular complexity index is 2050. The maximum Gasteiger partial charge on any atom is 0.338 e. The second-order valence-corrected chi connectivity index (χ2v) is 13.2. The largest absolute Gasteiger partial charge is 0.493 e. The summed E-state index contributed by atoms with van der Waals surface area (Å²) in [7, 11) is 1.54. The van der Waals surface area contributed by atoms with Crippen molar-refractivity contribution in [3.63, 3.8) is 0 Å². The Hall–Kier alpha value is -4.17. The number of methoxy groups -OCH3 is 1. The van der Waals surface area contributed by atoms with Gasteiger partial charge in [0.05, 0.1) is 51.8 Å². The van der Waals surface area contributed by atoms with Crippen molar-refractivity contribution in [3.05, 3.63) is 112 Å². The summed E-state index contributed by atoms with van der Waals surface area (Å²) in [6.07, 6.45) is 1.69. The van der Waals surface area contributed by atoms with E-state index in [-0.39, 0.29) is 36.3 Å². The molecule has 2 heterocycles. The van der Waals surface area contributed by atoms with Gasteiger partial charge in [-0.15, -0.1) is 0 Å². The summed E-state index contributed by atoms with van der Waals surface area (Å²) in [6, 6.07) is 14.5. The average molecular weight is 787 g/mol. The molecular formula is C36H36FIN2O7S. The highest BCUT2D eigenvalue weighted by atomic mass is 127. The van der Waals surface area contributed by atoms with E-state index >= 15 is 0 Å². The number of carbonyl (C=O) groups excluding carboxylic acids is 1. The molecule has 4 aromatic rings. The molecule has 0 N–H and O–H groups in total. The van der Waals surface area contributed by atoms with Crippen LogP contribution >= 0.6 is 33.9 Å². The lowest BCUT2D eigenvalue weighted by atomic mass is 9.95. The molecular weight excluding hydrogens is 750 g/mol. The molecule has 48 heavy (non-hydrogen) atoms. The third-order valence-corrected chi connectivity index (χ3v) is 9.07. The molecule has 0 amide bonds. The van der Waals surface area contributed by atoms with Crippen LogP contribution < -0.4 is 33.8 Å². The topological polar surface area (TPSA) is 97.6 Å². The van der Waals surface area contributed by atoms with E-state index < -0.39 is 12.0 Å². The summed E-state index contributed by atoms with van der Waals surface area (Å²) in [5, 5.41) is 0. The molecule has 0 fully saturated rings. The van der Waals surface area contributed by atoms with Crippen LogP contribution in [0.1, 0.15) is 57.4 Å². The summed E-state index contributed by atoms with van der Waals surface area (Å²) >= 11 is 3.38. The Morgan fingerprint density at radius 1 is 1.06 bits per heavy atom. The van der Waals surface area contributed by atoms with E-state index in [4.69, 9.17) is 23.7 Å². The molecule has 0 bridgehead atoms. The number of ether oxygens (including phenoxy) is 5. The van der Waals surface area contributed by atoms with E-state index in [1.165, 1.54) is 28.0 Å². The summed E-state index contributed by atoms with van der Waals surface area (Å²) < 4.78 is 45.4. The average Bonchev–Trinajstić information content (AvgIpc) is 3.33. The van der Waals surface area contributed by atoms with Gasteiger partial charge in [-0.2, -0.15) is 0 Å². The van der Waals surface area contributed by atoms with Gasteiger partial charge in [-0.05, 0) is 116 Å². The fourth-order valence-electron chi connectivity index (χ4n) is 5.32. The second kappa shape index (κ2) is 15.4. The fraction of sp³-hybridized carbons (Fsp3) is 0.306. The van der Waals surface area contributed by atoms with Gasteiger partial charge in [-0.25, -0.2) is 14.2 Å². The highest BCUT2D eigenvalue weighted by Crippen LogP contribution is 2.37. The van der Waals surface area contributed by atoms with Crippen molar-refractivity contribution in [1.29, 1.82) is 0 Å². The van der Waals surface area contributed by atoms with Crippen LogP contribution in [-0.4, -0.2) is 37.0 Å². The van der Waals surface area contributed by atoms with Crippen LogP contribution in [0.25, 0.3) is 6.08 Å². The molecule has 5 rings (SSSR count). The Kier molecular flexibility index (Phi) is 11.3. The van der Waals surface area contributed by atoms with Gasteiger partial charge in [-0.3, -0.25) is 9.36 Å². The maximum atomic E-state index is 14.2. The third-order valence-electron chi connectivity index (χ3n) is 7.28. The fourth-order valence-corrected chi connectivity index (χ4v) is 7.15. The number of allylic oxidation sites excluding steroid dienone is 1. The maximum absolute atomic E-state index is 14.2. The molecule has 0 radical (unpaired) electrons. The summed E-state index contributed by atoms with van der Waals surface area (Å²) in [6.45, 7) is 9.89. The van der Waals surface area contributed by atoms with Gasteiger partial charge in [0.2, 0.25) is 0 Å². The quantitative estimate of drug-likeness (QED) is 0.123. The predicted octanol–water partition coefficient (Wildman–Crippen LogP) is 6.32. The SMILES string of the molecule is CCOC(=O)C1=C(C)N=c2s/c(=C\c3cc(I)c(OCc4cccc(F)c4)c(OCC)c3)c(=O)n2[C@@H]1c1ccc(OC(C)C)c(OC)c1. The normalized spacial score (nSPS) is 14.4. The molecule has 0 saturated carbocycles. The molecule has 1 atom stereocenters. The first-order valence-corrected chi connectivity index (χ1v) is 17.3. The van der Waals surface area contributed by atoms with Crippen molar-refractivity contribution in [1.82, 2.24) is 4.57 Å². The molecule has 0 spiro atoms. The molecule has 252 valence electrons. The molecule has 1 aliphatic heterocycles. The van der Waals surface area contributed by atoms with Crippen LogP contribution in [0, 0.1) is 9.39 Å². The smallest absolute Gasteiger partial charge is 0.338 e.